The predicted octanol–water partition coefficient (Wildman–Crippen LogP) is 2.57. The first-order valence-corrected chi connectivity index (χ1v) is 8.01. The number of fused-ring (bicyclic) bond motifs is 1. The first-order valence-electron chi connectivity index (χ1n) is 7.24. The van der Waals surface area contributed by atoms with Crippen LogP contribution in [0.25, 0.3) is 11.1 Å². The minimum Gasteiger partial charge on any atom is -0.497 e. The topological polar surface area (TPSA) is 90.1 Å². The zero-order chi connectivity index (χ0) is 16.2. The van der Waals surface area contributed by atoms with Gasteiger partial charge >= 0.3 is 0 Å². The van der Waals surface area contributed by atoms with E-state index in [2.05, 4.69) is 19.9 Å². The Morgan fingerprint density at radius 1 is 1.43 bits per heavy atom. The van der Waals surface area contributed by atoms with Crippen molar-refractivity contribution in [2.24, 2.45) is 0 Å². The summed E-state index contributed by atoms with van der Waals surface area (Å²) in [5.74, 6) is 0.945. The summed E-state index contributed by atoms with van der Waals surface area (Å²) in [6.07, 6.45) is 1.65. The number of rotatable bonds is 6. The van der Waals surface area contributed by atoms with E-state index in [9.17, 15) is 4.79 Å². The number of hydrogen-bond donors (Lipinski definition) is 1. The van der Waals surface area contributed by atoms with Crippen LogP contribution in [0.3, 0.4) is 0 Å². The minimum atomic E-state index is -0.205. The molecule has 3 aromatic rings. The molecule has 1 amide bonds. The summed E-state index contributed by atoms with van der Waals surface area (Å²) in [4.78, 5) is 17.1. The van der Waals surface area contributed by atoms with Gasteiger partial charge in [-0.2, -0.15) is 0 Å². The van der Waals surface area contributed by atoms with Gasteiger partial charge in [0.25, 0.3) is 5.91 Å². The quantitative estimate of drug-likeness (QED) is 0.746. The number of aromatic nitrogens is 3. The van der Waals surface area contributed by atoms with Crippen LogP contribution in [0.5, 0.6) is 5.75 Å². The van der Waals surface area contributed by atoms with Crippen molar-refractivity contribution in [2.75, 3.05) is 7.11 Å². The van der Waals surface area contributed by atoms with Gasteiger partial charge in [-0.1, -0.05) is 17.8 Å². The summed E-state index contributed by atoms with van der Waals surface area (Å²) in [6.45, 7) is 2.24. The molecular weight excluding hydrogens is 316 g/mol. The van der Waals surface area contributed by atoms with Crippen LogP contribution >= 0.6 is 11.5 Å². The predicted molar refractivity (Wildman–Crippen MR) is 85.6 cm³/mol. The van der Waals surface area contributed by atoms with E-state index in [0.717, 1.165) is 30.1 Å². The van der Waals surface area contributed by atoms with Crippen molar-refractivity contribution in [1.29, 1.82) is 0 Å². The molecule has 0 bridgehead atoms. The SMILES string of the molecule is CCCc1nnsc1C(=O)NCc1nc2cc(OC)ccc2o1. The molecule has 23 heavy (non-hydrogen) atoms. The molecule has 1 N–H and O–H groups in total. The summed E-state index contributed by atoms with van der Waals surface area (Å²) in [7, 11) is 1.60. The molecule has 7 nitrogen and oxygen atoms in total. The Kier molecular flexibility index (Phi) is 4.52. The van der Waals surface area contributed by atoms with E-state index >= 15 is 0 Å². The molecule has 2 heterocycles. The fourth-order valence-corrected chi connectivity index (χ4v) is 2.80. The molecule has 0 aliphatic heterocycles. The maximum Gasteiger partial charge on any atom is 0.265 e. The lowest BCUT2D eigenvalue weighted by Crippen LogP contribution is -2.23. The van der Waals surface area contributed by atoms with Crippen molar-refractivity contribution in [2.45, 2.75) is 26.3 Å². The highest BCUT2D eigenvalue weighted by atomic mass is 32.1. The van der Waals surface area contributed by atoms with E-state index in [1.54, 1.807) is 25.3 Å². The highest BCUT2D eigenvalue weighted by Gasteiger charge is 2.16. The number of benzene rings is 1. The third kappa shape index (κ3) is 3.31. The first kappa shape index (κ1) is 15.4. The number of nitrogens with one attached hydrogen (secondary N) is 1. The van der Waals surface area contributed by atoms with E-state index in [-0.39, 0.29) is 12.5 Å². The van der Waals surface area contributed by atoms with Crippen LogP contribution in [-0.4, -0.2) is 27.6 Å². The second-order valence-corrected chi connectivity index (χ2v) is 5.68. The average molecular weight is 332 g/mol. The van der Waals surface area contributed by atoms with E-state index in [0.29, 0.717) is 27.6 Å². The van der Waals surface area contributed by atoms with Crippen LogP contribution in [0.2, 0.25) is 0 Å². The molecule has 0 radical (unpaired) electrons. The molecule has 0 aliphatic rings. The summed E-state index contributed by atoms with van der Waals surface area (Å²) in [6, 6.07) is 5.38. The van der Waals surface area contributed by atoms with Crippen LogP contribution in [0.15, 0.2) is 22.6 Å². The van der Waals surface area contributed by atoms with Crippen molar-refractivity contribution in [3.63, 3.8) is 0 Å². The van der Waals surface area contributed by atoms with Crippen LogP contribution in [-0.2, 0) is 13.0 Å². The Morgan fingerprint density at radius 2 is 2.30 bits per heavy atom. The molecule has 0 unspecified atom stereocenters. The highest BCUT2D eigenvalue weighted by Crippen LogP contribution is 2.21. The number of oxazole rings is 1. The zero-order valence-electron chi connectivity index (χ0n) is 12.8. The summed E-state index contributed by atoms with van der Waals surface area (Å²) in [5.41, 5.74) is 2.08. The zero-order valence-corrected chi connectivity index (χ0v) is 13.6. The number of aryl methyl sites for hydroxylation is 1. The highest BCUT2D eigenvalue weighted by molar-refractivity contribution is 7.08. The third-order valence-corrected chi connectivity index (χ3v) is 4.05. The Bertz CT molecular complexity index is 827. The van der Waals surface area contributed by atoms with Crippen molar-refractivity contribution >= 4 is 28.5 Å². The smallest absolute Gasteiger partial charge is 0.265 e. The van der Waals surface area contributed by atoms with Gasteiger partial charge in [0.05, 0.1) is 19.3 Å². The second-order valence-electron chi connectivity index (χ2n) is 4.92. The van der Waals surface area contributed by atoms with E-state index in [1.807, 2.05) is 6.92 Å². The number of amides is 1. The number of ether oxygens (including phenoxy) is 1. The number of hydrogen-bond acceptors (Lipinski definition) is 7. The van der Waals surface area contributed by atoms with Gasteiger partial charge in [-0.15, -0.1) is 5.10 Å². The summed E-state index contributed by atoms with van der Waals surface area (Å²) in [5, 5.41) is 6.78. The fraction of sp³-hybridized carbons (Fsp3) is 0.333. The van der Waals surface area contributed by atoms with Crippen LogP contribution in [0.1, 0.15) is 34.6 Å². The maximum atomic E-state index is 12.2. The number of carbonyl (C=O) groups is 1. The van der Waals surface area contributed by atoms with E-state index in [4.69, 9.17) is 9.15 Å². The standard InChI is InChI=1S/C15H16N4O3S/c1-3-4-10-14(23-19-18-10)15(20)16-8-13-17-11-7-9(21-2)5-6-12(11)22-13/h5-7H,3-4,8H2,1-2H3,(H,16,20). The lowest BCUT2D eigenvalue weighted by molar-refractivity contribution is 0.0950. The van der Waals surface area contributed by atoms with Crippen LogP contribution < -0.4 is 10.1 Å². The summed E-state index contributed by atoms with van der Waals surface area (Å²) < 4.78 is 14.6. The molecule has 2 aromatic heterocycles. The Balaban J connectivity index is 1.70. The molecule has 120 valence electrons. The van der Waals surface area contributed by atoms with Gasteiger partial charge in [0.2, 0.25) is 5.89 Å². The van der Waals surface area contributed by atoms with E-state index in [1.165, 1.54) is 0 Å². The molecule has 0 saturated carbocycles. The molecule has 0 saturated heterocycles. The second kappa shape index (κ2) is 6.74. The van der Waals surface area contributed by atoms with Gasteiger partial charge in [0.1, 0.15) is 16.1 Å². The monoisotopic (exact) mass is 332 g/mol. The van der Waals surface area contributed by atoms with Crippen molar-refractivity contribution in [1.82, 2.24) is 19.9 Å². The lowest BCUT2D eigenvalue weighted by atomic mass is 10.2. The van der Waals surface area contributed by atoms with Gasteiger partial charge in [0, 0.05) is 6.07 Å². The fourth-order valence-electron chi connectivity index (χ4n) is 2.18. The lowest BCUT2D eigenvalue weighted by Gasteiger charge is -2.01. The van der Waals surface area contributed by atoms with E-state index < -0.39 is 0 Å². The molecular formula is C15H16N4O3S. The molecule has 8 heteroatoms. The molecule has 0 atom stereocenters. The largest absolute Gasteiger partial charge is 0.497 e. The van der Waals surface area contributed by atoms with Crippen LogP contribution in [0.4, 0.5) is 0 Å². The molecule has 0 spiro atoms. The average Bonchev–Trinajstić information content (AvgIpc) is 3.18. The molecule has 0 fully saturated rings. The number of methoxy groups -OCH3 is 1. The van der Waals surface area contributed by atoms with Crippen molar-refractivity contribution < 1.29 is 13.9 Å². The van der Waals surface area contributed by atoms with Gasteiger partial charge in [0.15, 0.2) is 5.58 Å². The maximum absolute atomic E-state index is 12.2. The first-order chi connectivity index (χ1) is 11.2. The minimum absolute atomic E-state index is 0.205. The summed E-state index contributed by atoms with van der Waals surface area (Å²) >= 11 is 1.10. The van der Waals surface area contributed by atoms with Gasteiger partial charge in [-0.05, 0) is 30.1 Å². The van der Waals surface area contributed by atoms with Gasteiger partial charge in [-0.3, -0.25) is 4.79 Å². The third-order valence-electron chi connectivity index (χ3n) is 3.29. The van der Waals surface area contributed by atoms with Gasteiger partial charge < -0.3 is 14.5 Å². The Labute approximate surface area is 136 Å². The molecule has 1 aromatic carbocycles. The van der Waals surface area contributed by atoms with Crippen LogP contribution in [0, 0.1) is 0 Å². The van der Waals surface area contributed by atoms with Gasteiger partial charge in [-0.25, -0.2) is 4.98 Å². The molecule has 3 rings (SSSR count). The van der Waals surface area contributed by atoms with Crippen molar-refractivity contribution in [3.8, 4) is 5.75 Å². The Morgan fingerprint density at radius 3 is 3.09 bits per heavy atom. The number of carbonyl (C=O) groups excluding carboxylic acids is 1. The van der Waals surface area contributed by atoms with Crippen molar-refractivity contribution in [3.05, 3.63) is 34.7 Å². The normalized spacial score (nSPS) is 10.9. The number of nitrogens with zero attached hydrogens (tertiary/aromatic N) is 3. The Hall–Kier alpha value is -2.48. The molecule has 0 aliphatic carbocycles.